The third-order valence-corrected chi connectivity index (χ3v) is 7.07. The summed E-state index contributed by atoms with van der Waals surface area (Å²) >= 11 is 1.35. The highest BCUT2D eigenvalue weighted by Gasteiger charge is 2.20. The van der Waals surface area contributed by atoms with Gasteiger partial charge in [0.05, 0.1) is 22.8 Å². The molecule has 0 radical (unpaired) electrons. The molecule has 0 aliphatic carbocycles. The summed E-state index contributed by atoms with van der Waals surface area (Å²) in [5.74, 6) is 6.28. The third-order valence-electron chi connectivity index (χ3n) is 6.04. The number of H-pyrrole nitrogens is 1. The SMILES string of the molecule is CC(=NN=c1sc(N=Nc2ccccc2)c(C)n1N)c1c(C)[nH]c(-c2ccccc2)c1-c1ccccc1. The van der Waals surface area contributed by atoms with E-state index in [9.17, 15) is 0 Å². The molecule has 0 amide bonds. The second-order valence-corrected chi connectivity index (χ2v) is 9.53. The van der Waals surface area contributed by atoms with Gasteiger partial charge in [-0.1, -0.05) is 90.2 Å². The summed E-state index contributed by atoms with van der Waals surface area (Å²) < 4.78 is 1.50. The van der Waals surface area contributed by atoms with Crippen molar-refractivity contribution in [2.45, 2.75) is 20.8 Å². The van der Waals surface area contributed by atoms with Gasteiger partial charge in [-0.3, -0.25) is 0 Å². The Morgan fingerprint density at radius 1 is 0.811 bits per heavy atom. The zero-order chi connectivity index (χ0) is 25.8. The largest absolute Gasteiger partial charge is 0.358 e. The van der Waals surface area contributed by atoms with Crippen LogP contribution in [-0.4, -0.2) is 15.4 Å². The average Bonchev–Trinajstić information content (AvgIpc) is 3.43. The standard InChI is InChI=1S/C29H27N7S/c1-19-25(26(22-13-7-4-8-14-22)27(31-19)23-15-9-5-10-16-23)20(2)32-35-29-36(30)21(3)28(37-29)34-33-24-17-11-6-12-18-24/h4-18,31H,30H2,1-3H3. The normalized spacial score (nSPS) is 12.5. The molecule has 0 atom stereocenters. The summed E-state index contributed by atoms with van der Waals surface area (Å²) in [5, 5.41) is 18.5. The molecule has 0 aliphatic heterocycles. The number of azo groups is 1. The van der Waals surface area contributed by atoms with Crippen LogP contribution in [0.1, 0.15) is 23.9 Å². The van der Waals surface area contributed by atoms with Crippen molar-refractivity contribution < 1.29 is 0 Å². The number of aromatic amines is 1. The fourth-order valence-corrected chi connectivity index (χ4v) is 4.99. The van der Waals surface area contributed by atoms with Crippen LogP contribution in [0.5, 0.6) is 0 Å². The number of thiazole rings is 1. The maximum atomic E-state index is 6.28. The summed E-state index contributed by atoms with van der Waals surface area (Å²) in [4.78, 5) is 4.13. The van der Waals surface area contributed by atoms with Crippen LogP contribution >= 0.6 is 11.3 Å². The van der Waals surface area contributed by atoms with E-state index in [1.54, 1.807) is 0 Å². The number of nitrogens with one attached hydrogen (secondary N) is 1. The number of nitrogens with zero attached hydrogens (tertiary/aromatic N) is 5. The summed E-state index contributed by atoms with van der Waals surface area (Å²) in [6.45, 7) is 5.92. The summed E-state index contributed by atoms with van der Waals surface area (Å²) in [6, 6.07) is 30.2. The van der Waals surface area contributed by atoms with Gasteiger partial charge in [-0.05, 0) is 44.0 Å². The van der Waals surface area contributed by atoms with Crippen molar-refractivity contribution >= 4 is 27.7 Å². The first-order chi connectivity index (χ1) is 18.0. The van der Waals surface area contributed by atoms with E-state index in [4.69, 9.17) is 5.84 Å². The van der Waals surface area contributed by atoms with E-state index in [1.807, 2.05) is 80.6 Å². The van der Waals surface area contributed by atoms with Crippen molar-refractivity contribution in [3.63, 3.8) is 0 Å². The van der Waals surface area contributed by atoms with Crippen molar-refractivity contribution in [3.05, 3.63) is 113 Å². The number of rotatable bonds is 6. The molecule has 0 saturated heterocycles. The number of hydrogen-bond acceptors (Lipinski definition) is 6. The molecule has 7 nitrogen and oxygen atoms in total. The van der Waals surface area contributed by atoms with Crippen LogP contribution in [0.15, 0.2) is 111 Å². The van der Waals surface area contributed by atoms with Crippen LogP contribution < -0.4 is 10.6 Å². The fraction of sp³-hybridized carbons (Fsp3) is 0.103. The van der Waals surface area contributed by atoms with Gasteiger partial charge < -0.3 is 10.8 Å². The summed E-state index contributed by atoms with van der Waals surface area (Å²) in [6.07, 6.45) is 0. The molecule has 5 aromatic rings. The molecular weight excluding hydrogens is 478 g/mol. The fourth-order valence-electron chi connectivity index (χ4n) is 4.18. The van der Waals surface area contributed by atoms with Crippen molar-refractivity contribution in [3.8, 4) is 22.4 Å². The Bertz CT molecular complexity index is 1640. The van der Waals surface area contributed by atoms with Crippen molar-refractivity contribution in [1.82, 2.24) is 9.66 Å². The molecule has 0 fully saturated rings. The van der Waals surface area contributed by atoms with Gasteiger partial charge in [-0.15, -0.1) is 15.3 Å². The predicted molar refractivity (Wildman–Crippen MR) is 152 cm³/mol. The lowest BCUT2D eigenvalue weighted by molar-refractivity contribution is 0.881. The predicted octanol–water partition coefficient (Wildman–Crippen LogP) is 7.28. The molecule has 3 aromatic carbocycles. The Hall–Kier alpha value is -4.56. The first-order valence-electron chi connectivity index (χ1n) is 11.9. The van der Waals surface area contributed by atoms with Crippen molar-refractivity contribution in [2.75, 3.05) is 5.84 Å². The molecule has 184 valence electrons. The second kappa shape index (κ2) is 10.6. The van der Waals surface area contributed by atoms with E-state index in [1.165, 1.54) is 16.0 Å². The third kappa shape index (κ3) is 5.05. The summed E-state index contributed by atoms with van der Waals surface area (Å²) in [7, 11) is 0. The molecular formula is C29H27N7S. The quantitative estimate of drug-likeness (QED) is 0.108. The topological polar surface area (TPSA) is 96.2 Å². The highest BCUT2D eigenvalue weighted by atomic mass is 32.1. The van der Waals surface area contributed by atoms with Gasteiger partial charge in [-0.25, -0.2) is 4.68 Å². The number of aromatic nitrogens is 2. The minimum atomic E-state index is 0.539. The lowest BCUT2D eigenvalue weighted by atomic mass is 9.95. The van der Waals surface area contributed by atoms with Gasteiger partial charge in [0.25, 0.3) is 0 Å². The van der Waals surface area contributed by atoms with Crippen molar-refractivity contribution in [1.29, 1.82) is 0 Å². The Kier molecular flexibility index (Phi) is 6.91. The molecule has 0 unspecified atom stereocenters. The molecule has 0 aliphatic rings. The maximum absolute atomic E-state index is 6.28. The first-order valence-corrected chi connectivity index (χ1v) is 12.7. The minimum Gasteiger partial charge on any atom is -0.358 e. The van der Waals surface area contributed by atoms with Gasteiger partial charge in [0.15, 0.2) is 5.00 Å². The van der Waals surface area contributed by atoms with Gasteiger partial charge in [-0.2, -0.15) is 5.10 Å². The van der Waals surface area contributed by atoms with Crippen LogP contribution in [0.3, 0.4) is 0 Å². The Morgan fingerprint density at radius 3 is 2.05 bits per heavy atom. The van der Waals surface area contributed by atoms with Gasteiger partial charge in [0.2, 0.25) is 4.80 Å². The van der Waals surface area contributed by atoms with E-state index < -0.39 is 0 Å². The molecule has 0 spiro atoms. The average molecular weight is 506 g/mol. The Labute approximate surface area is 219 Å². The number of nitrogens with two attached hydrogens (primary N) is 1. The smallest absolute Gasteiger partial charge is 0.231 e. The van der Waals surface area contributed by atoms with E-state index in [0.29, 0.717) is 9.80 Å². The zero-order valence-corrected chi connectivity index (χ0v) is 21.7. The minimum absolute atomic E-state index is 0.539. The monoisotopic (exact) mass is 505 g/mol. The van der Waals surface area contributed by atoms with Crippen LogP contribution in [0.4, 0.5) is 10.7 Å². The molecule has 3 N–H and O–H groups in total. The molecule has 2 aromatic heterocycles. The van der Waals surface area contributed by atoms with E-state index in [2.05, 4.69) is 56.6 Å². The lowest BCUT2D eigenvalue weighted by Gasteiger charge is -2.08. The van der Waals surface area contributed by atoms with Gasteiger partial charge >= 0.3 is 0 Å². The summed E-state index contributed by atoms with van der Waals surface area (Å²) in [5.41, 5.74) is 8.75. The molecule has 8 heteroatoms. The Morgan fingerprint density at radius 2 is 1.41 bits per heavy atom. The van der Waals surface area contributed by atoms with E-state index >= 15 is 0 Å². The van der Waals surface area contributed by atoms with Gasteiger partial charge in [0.1, 0.15) is 0 Å². The maximum Gasteiger partial charge on any atom is 0.231 e. The van der Waals surface area contributed by atoms with Crippen molar-refractivity contribution in [2.24, 2.45) is 20.4 Å². The molecule has 5 rings (SSSR count). The Balaban J connectivity index is 1.57. The number of aryl methyl sites for hydroxylation is 1. The number of nitrogen functional groups attached to an aromatic ring is 1. The van der Waals surface area contributed by atoms with Crippen LogP contribution in [0, 0.1) is 13.8 Å². The van der Waals surface area contributed by atoms with Gasteiger partial charge in [0, 0.05) is 16.8 Å². The van der Waals surface area contributed by atoms with E-state index in [0.717, 1.165) is 50.7 Å². The highest BCUT2D eigenvalue weighted by Crippen LogP contribution is 2.37. The highest BCUT2D eigenvalue weighted by molar-refractivity contribution is 7.13. The molecule has 2 heterocycles. The zero-order valence-electron chi connectivity index (χ0n) is 20.9. The molecule has 37 heavy (non-hydrogen) atoms. The number of hydrogen-bond donors (Lipinski definition) is 2. The second-order valence-electron chi connectivity index (χ2n) is 8.57. The number of benzene rings is 3. The first kappa shape index (κ1) is 24.1. The lowest BCUT2D eigenvalue weighted by Crippen LogP contribution is -2.23. The molecule has 0 saturated carbocycles. The molecule has 0 bridgehead atoms. The van der Waals surface area contributed by atoms with Crippen LogP contribution in [0.2, 0.25) is 0 Å². The van der Waals surface area contributed by atoms with Crippen LogP contribution in [-0.2, 0) is 0 Å². The van der Waals surface area contributed by atoms with E-state index in [-0.39, 0.29) is 0 Å². The van der Waals surface area contributed by atoms with Crippen LogP contribution in [0.25, 0.3) is 22.4 Å².